The molecule has 0 aliphatic carbocycles. The number of aromatic nitrogens is 4. The minimum atomic E-state index is -0.101. The fourth-order valence-electron chi connectivity index (χ4n) is 2.43. The van der Waals surface area contributed by atoms with Crippen LogP contribution in [0.1, 0.15) is 17.8 Å². The second kappa shape index (κ2) is 6.53. The van der Waals surface area contributed by atoms with Crippen molar-refractivity contribution >= 4 is 39.8 Å². The zero-order chi connectivity index (χ0) is 15.5. The highest BCUT2D eigenvalue weighted by molar-refractivity contribution is 7.15. The maximum atomic E-state index is 12.4. The van der Waals surface area contributed by atoms with E-state index < -0.39 is 0 Å². The van der Waals surface area contributed by atoms with E-state index in [4.69, 9.17) is 11.6 Å². The third kappa shape index (κ3) is 3.50. The van der Waals surface area contributed by atoms with Gasteiger partial charge in [-0.1, -0.05) is 22.9 Å². The Kier molecular flexibility index (Phi) is 4.49. The lowest BCUT2D eigenvalue weighted by atomic mass is 9.97. The van der Waals surface area contributed by atoms with Crippen LogP contribution < -0.4 is 10.2 Å². The maximum absolute atomic E-state index is 12.4. The van der Waals surface area contributed by atoms with Crippen LogP contribution in [0.15, 0.2) is 12.1 Å². The molecule has 0 radical (unpaired) electrons. The van der Waals surface area contributed by atoms with Crippen LogP contribution in [0.4, 0.5) is 10.9 Å². The van der Waals surface area contributed by atoms with E-state index in [0.717, 1.165) is 30.2 Å². The number of nitrogens with zero attached hydrogens (tertiary/aromatic N) is 5. The van der Waals surface area contributed by atoms with E-state index in [1.807, 2.05) is 13.0 Å². The Morgan fingerprint density at radius 3 is 2.91 bits per heavy atom. The monoisotopic (exact) mass is 338 g/mol. The molecule has 2 aromatic rings. The summed E-state index contributed by atoms with van der Waals surface area (Å²) in [6, 6.07) is 3.53. The molecule has 0 aromatic carbocycles. The molecule has 1 amide bonds. The first kappa shape index (κ1) is 15.1. The Morgan fingerprint density at radius 1 is 1.36 bits per heavy atom. The number of nitrogens with one attached hydrogen (secondary N) is 1. The number of hydrogen-bond acceptors (Lipinski definition) is 7. The summed E-state index contributed by atoms with van der Waals surface area (Å²) in [5.41, 5.74) is 0. The van der Waals surface area contributed by atoms with Gasteiger partial charge >= 0.3 is 0 Å². The first-order chi connectivity index (χ1) is 10.6. The van der Waals surface area contributed by atoms with Crippen molar-refractivity contribution in [3.63, 3.8) is 0 Å². The van der Waals surface area contributed by atoms with Crippen LogP contribution in [-0.4, -0.2) is 39.4 Å². The fourth-order valence-corrected chi connectivity index (χ4v) is 3.13. The minimum absolute atomic E-state index is 0.0252. The summed E-state index contributed by atoms with van der Waals surface area (Å²) in [7, 11) is 0. The zero-order valence-electron chi connectivity index (χ0n) is 12.0. The molecule has 9 heteroatoms. The first-order valence-corrected chi connectivity index (χ1v) is 8.16. The van der Waals surface area contributed by atoms with Crippen molar-refractivity contribution in [2.45, 2.75) is 19.8 Å². The van der Waals surface area contributed by atoms with Crippen molar-refractivity contribution in [3.05, 3.63) is 22.3 Å². The summed E-state index contributed by atoms with van der Waals surface area (Å²) in [5, 5.41) is 20.3. The molecule has 1 unspecified atom stereocenters. The summed E-state index contributed by atoms with van der Waals surface area (Å²) < 4.78 is 0. The minimum Gasteiger partial charge on any atom is -0.354 e. The van der Waals surface area contributed by atoms with E-state index >= 15 is 0 Å². The Balaban J connectivity index is 1.64. The lowest BCUT2D eigenvalue weighted by molar-refractivity contribution is -0.120. The largest absolute Gasteiger partial charge is 0.354 e. The van der Waals surface area contributed by atoms with Crippen LogP contribution in [-0.2, 0) is 4.79 Å². The molecule has 3 heterocycles. The molecule has 3 rings (SSSR count). The average Bonchev–Trinajstić information content (AvgIpc) is 2.93. The van der Waals surface area contributed by atoms with E-state index in [1.54, 1.807) is 6.07 Å². The molecule has 2 aromatic heterocycles. The lowest BCUT2D eigenvalue weighted by Gasteiger charge is -2.32. The van der Waals surface area contributed by atoms with E-state index in [-0.39, 0.29) is 11.8 Å². The van der Waals surface area contributed by atoms with Crippen LogP contribution in [0.2, 0.25) is 5.15 Å². The highest BCUT2D eigenvalue weighted by atomic mass is 35.5. The average molecular weight is 339 g/mol. The van der Waals surface area contributed by atoms with Gasteiger partial charge in [0, 0.05) is 13.1 Å². The first-order valence-electron chi connectivity index (χ1n) is 6.97. The number of hydrogen-bond donors (Lipinski definition) is 1. The van der Waals surface area contributed by atoms with E-state index in [0.29, 0.717) is 16.8 Å². The number of halogens is 1. The van der Waals surface area contributed by atoms with Gasteiger partial charge in [-0.05, 0) is 31.9 Å². The Labute approximate surface area is 136 Å². The number of amides is 1. The van der Waals surface area contributed by atoms with Crippen molar-refractivity contribution in [3.8, 4) is 0 Å². The van der Waals surface area contributed by atoms with Gasteiger partial charge in [-0.25, -0.2) is 0 Å². The molecule has 7 nitrogen and oxygen atoms in total. The van der Waals surface area contributed by atoms with Crippen LogP contribution in [0.25, 0.3) is 0 Å². The van der Waals surface area contributed by atoms with Crippen molar-refractivity contribution in [1.29, 1.82) is 0 Å². The highest BCUT2D eigenvalue weighted by Gasteiger charge is 2.27. The predicted molar refractivity (Wildman–Crippen MR) is 85.3 cm³/mol. The Bertz CT molecular complexity index is 661. The summed E-state index contributed by atoms with van der Waals surface area (Å²) >= 11 is 7.13. The molecule has 1 fully saturated rings. The molecule has 1 atom stereocenters. The summed E-state index contributed by atoms with van der Waals surface area (Å²) in [4.78, 5) is 14.4. The van der Waals surface area contributed by atoms with Gasteiger partial charge in [-0.2, -0.15) is 0 Å². The Hall–Kier alpha value is -1.80. The maximum Gasteiger partial charge on any atom is 0.231 e. The molecule has 1 N–H and O–H groups in total. The van der Waals surface area contributed by atoms with Crippen molar-refractivity contribution in [2.75, 3.05) is 23.3 Å². The summed E-state index contributed by atoms with van der Waals surface area (Å²) in [5.74, 6) is 0.617. The standard InChI is InChI=1S/C13H15ClN6OS/c1-8-16-19-13(22-8)15-12(21)9-3-2-6-20(7-9)11-5-4-10(14)17-18-11/h4-5,9H,2-3,6-7H2,1H3,(H,15,19,21). The molecule has 22 heavy (non-hydrogen) atoms. The van der Waals surface area contributed by atoms with Gasteiger partial charge in [0.25, 0.3) is 0 Å². The van der Waals surface area contributed by atoms with Crippen LogP contribution in [0.3, 0.4) is 0 Å². The predicted octanol–water partition coefficient (Wildman–Crippen LogP) is 2.15. The molecule has 116 valence electrons. The van der Waals surface area contributed by atoms with Gasteiger partial charge in [0.15, 0.2) is 11.0 Å². The zero-order valence-corrected chi connectivity index (χ0v) is 13.6. The lowest BCUT2D eigenvalue weighted by Crippen LogP contribution is -2.41. The van der Waals surface area contributed by atoms with Crippen LogP contribution in [0.5, 0.6) is 0 Å². The number of anilines is 2. The van der Waals surface area contributed by atoms with Gasteiger partial charge in [0.2, 0.25) is 11.0 Å². The fraction of sp³-hybridized carbons (Fsp3) is 0.462. The second-order valence-electron chi connectivity index (χ2n) is 5.11. The van der Waals surface area contributed by atoms with E-state index in [1.165, 1.54) is 11.3 Å². The number of rotatable bonds is 3. The number of carbonyl (C=O) groups is 1. The number of aryl methyl sites for hydroxylation is 1. The quantitative estimate of drug-likeness (QED) is 0.923. The molecule has 0 saturated carbocycles. The van der Waals surface area contributed by atoms with Gasteiger partial charge in [0.05, 0.1) is 5.92 Å². The third-order valence-electron chi connectivity index (χ3n) is 3.49. The van der Waals surface area contributed by atoms with Crippen molar-refractivity contribution in [1.82, 2.24) is 20.4 Å². The molecule has 1 aliphatic heterocycles. The molecule has 1 saturated heterocycles. The topological polar surface area (TPSA) is 83.9 Å². The third-order valence-corrected chi connectivity index (χ3v) is 4.45. The van der Waals surface area contributed by atoms with Crippen molar-refractivity contribution < 1.29 is 4.79 Å². The van der Waals surface area contributed by atoms with Crippen LogP contribution in [0, 0.1) is 12.8 Å². The second-order valence-corrected chi connectivity index (χ2v) is 6.68. The molecular formula is C13H15ClN6OS. The van der Waals surface area contributed by atoms with E-state index in [9.17, 15) is 4.79 Å². The number of piperidine rings is 1. The van der Waals surface area contributed by atoms with Crippen molar-refractivity contribution in [2.24, 2.45) is 5.92 Å². The number of carbonyl (C=O) groups excluding carboxylic acids is 1. The van der Waals surface area contributed by atoms with Crippen LogP contribution >= 0.6 is 22.9 Å². The highest BCUT2D eigenvalue weighted by Crippen LogP contribution is 2.23. The smallest absolute Gasteiger partial charge is 0.231 e. The van der Waals surface area contributed by atoms with Gasteiger partial charge < -0.3 is 10.2 Å². The Morgan fingerprint density at radius 2 is 2.23 bits per heavy atom. The molecule has 0 bridgehead atoms. The van der Waals surface area contributed by atoms with E-state index in [2.05, 4.69) is 30.6 Å². The van der Waals surface area contributed by atoms with Gasteiger partial charge in [-0.3, -0.25) is 4.79 Å². The normalized spacial score (nSPS) is 18.3. The molecular weight excluding hydrogens is 324 g/mol. The summed E-state index contributed by atoms with van der Waals surface area (Å²) in [6.45, 7) is 3.33. The molecule has 1 aliphatic rings. The molecule has 0 spiro atoms. The summed E-state index contributed by atoms with van der Waals surface area (Å²) in [6.07, 6.45) is 1.78. The van der Waals surface area contributed by atoms with Gasteiger partial charge in [0.1, 0.15) is 5.01 Å². The van der Waals surface area contributed by atoms with Gasteiger partial charge in [-0.15, -0.1) is 20.4 Å². The SMILES string of the molecule is Cc1nnc(NC(=O)C2CCCN(c3ccc(Cl)nn3)C2)s1.